The van der Waals surface area contributed by atoms with Crippen LogP contribution in [0.4, 0.5) is 0 Å². The van der Waals surface area contributed by atoms with Gasteiger partial charge < -0.3 is 9.30 Å². The van der Waals surface area contributed by atoms with Crippen LogP contribution in [0.15, 0.2) is 12.5 Å². The first-order valence-electron chi connectivity index (χ1n) is 4.78. The van der Waals surface area contributed by atoms with Crippen molar-refractivity contribution in [3.8, 4) is 0 Å². The van der Waals surface area contributed by atoms with Crippen LogP contribution in [0, 0.1) is 0 Å². The zero-order chi connectivity index (χ0) is 10.6. The molecule has 0 aliphatic carbocycles. The molecule has 0 aliphatic rings. The number of hydrogen-bond acceptors (Lipinski definition) is 2. The summed E-state index contributed by atoms with van der Waals surface area (Å²) in [6, 6.07) is 0. The van der Waals surface area contributed by atoms with Gasteiger partial charge in [0.2, 0.25) is 0 Å². The fourth-order valence-electron chi connectivity index (χ4n) is 1.45. The number of ether oxygens (including phenoxy) is 1. The minimum absolute atomic E-state index is 0.170. The molecular weight excluding hydrogens is 200 g/mol. The van der Waals surface area contributed by atoms with Gasteiger partial charge in [0.05, 0.1) is 30.0 Å². The van der Waals surface area contributed by atoms with Crippen LogP contribution >= 0.6 is 11.6 Å². The molecule has 0 saturated carbocycles. The van der Waals surface area contributed by atoms with Crippen LogP contribution in [-0.2, 0) is 17.2 Å². The Labute approximate surface area is 90.0 Å². The summed E-state index contributed by atoms with van der Waals surface area (Å²) in [7, 11) is 0. The number of nitrogens with zero attached hydrogens (tertiary/aromatic N) is 2. The Morgan fingerprint density at radius 1 is 1.57 bits per heavy atom. The molecule has 0 radical (unpaired) electrons. The predicted octanol–water partition coefficient (Wildman–Crippen LogP) is 2.44. The summed E-state index contributed by atoms with van der Waals surface area (Å²) in [4.78, 5) is 4.06. The van der Waals surface area contributed by atoms with E-state index in [0.29, 0.717) is 5.88 Å². The lowest BCUT2D eigenvalue weighted by Crippen LogP contribution is -2.30. The minimum atomic E-state index is -0.170. The van der Waals surface area contributed by atoms with E-state index in [4.69, 9.17) is 16.3 Å². The smallest absolute Gasteiger partial charge is 0.0949 e. The molecule has 0 N–H and O–H groups in total. The molecular formula is C10H17ClN2O. The van der Waals surface area contributed by atoms with Gasteiger partial charge in [0.15, 0.2) is 0 Å². The molecule has 14 heavy (non-hydrogen) atoms. The maximum Gasteiger partial charge on any atom is 0.0949 e. The number of alkyl halides is 1. The van der Waals surface area contributed by atoms with Gasteiger partial charge in [0, 0.05) is 12.8 Å². The zero-order valence-corrected chi connectivity index (χ0v) is 9.71. The van der Waals surface area contributed by atoms with Crippen molar-refractivity contribution >= 4 is 11.6 Å². The highest BCUT2D eigenvalue weighted by atomic mass is 35.5. The van der Waals surface area contributed by atoms with Crippen LogP contribution in [0.5, 0.6) is 0 Å². The second-order valence-electron chi connectivity index (χ2n) is 3.84. The largest absolute Gasteiger partial charge is 0.374 e. The van der Waals surface area contributed by atoms with Gasteiger partial charge in [-0.25, -0.2) is 4.98 Å². The van der Waals surface area contributed by atoms with Crippen molar-refractivity contribution in [2.45, 2.75) is 38.8 Å². The maximum absolute atomic E-state index is 5.78. The van der Waals surface area contributed by atoms with Gasteiger partial charge in [-0.3, -0.25) is 0 Å². The summed E-state index contributed by atoms with van der Waals surface area (Å²) in [6.07, 6.45) is 3.58. The number of halogens is 1. The molecule has 1 rings (SSSR count). The molecule has 0 amide bonds. The fourth-order valence-corrected chi connectivity index (χ4v) is 1.67. The van der Waals surface area contributed by atoms with Crippen molar-refractivity contribution in [1.29, 1.82) is 0 Å². The summed E-state index contributed by atoms with van der Waals surface area (Å²) in [5.74, 6) is 0.488. The fraction of sp³-hybridized carbons (Fsp3) is 0.700. The quantitative estimate of drug-likeness (QED) is 0.707. The van der Waals surface area contributed by atoms with E-state index in [2.05, 4.69) is 18.8 Å². The van der Waals surface area contributed by atoms with Gasteiger partial charge in [-0.1, -0.05) is 0 Å². The lowest BCUT2D eigenvalue weighted by atomic mass is 10.1. The second-order valence-corrected chi connectivity index (χ2v) is 4.11. The maximum atomic E-state index is 5.78. The first-order valence-corrected chi connectivity index (χ1v) is 5.31. The third-order valence-corrected chi connectivity index (χ3v) is 2.30. The predicted molar refractivity (Wildman–Crippen MR) is 57.5 cm³/mol. The molecule has 0 bridgehead atoms. The number of imidazole rings is 1. The van der Waals surface area contributed by atoms with Gasteiger partial charge in [0.1, 0.15) is 0 Å². The van der Waals surface area contributed by atoms with Crippen LogP contribution in [0.3, 0.4) is 0 Å². The van der Waals surface area contributed by atoms with Crippen molar-refractivity contribution in [1.82, 2.24) is 9.55 Å². The van der Waals surface area contributed by atoms with Crippen molar-refractivity contribution < 1.29 is 4.74 Å². The molecule has 1 heterocycles. The average molecular weight is 217 g/mol. The summed E-state index contributed by atoms with van der Waals surface area (Å²) < 4.78 is 7.64. The van der Waals surface area contributed by atoms with Crippen LogP contribution in [-0.4, -0.2) is 21.8 Å². The molecule has 0 saturated heterocycles. The highest BCUT2D eigenvalue weighted by Gasteiger charge is 2.19. The lowest BCUT2D eigenvalue weighted by Gasteiger charge is -2.25. The van der Waals surface area contributed by atoms with Gasteiger partial charge >= 0.3 is 0 Å². The summed E-state index contributed by atoms with van der Waals surface area (Å²) >= 11 is 5.78. The molecule has 0 unspecified atom stereocenters. The number of rotatable bonds is 5. The van der Waals surface area contributed by atoms with Crippen LogP contribution < -0.4 is 0 Å². The van der Waals surface area contributed by atoms with E-state index in [1.165, 1.54) is 0 Å². The Morgan fingerprint density at radius 3 is 2.86 bits per heavy atom. The summed E-state index contributed by atoms with van der Waals surface area (Å²) in [6.45, 7) is 7.63. The third kappa shape index (κ3) is 3.00. The van der Waals surface area contributed by atoms with Crippen LogP contribution in [0.2, 0.25) is 0 Å². The van der Waals surface area contributed by atoms with Gasteiger partial charge in [0.25, 0.3) is 0 Å². The van der Waals surface area contributed by atoms with Crippen LogP contribution in [0.1, 0.15) is 26.5 Å². The molecule has 0 fully saturated rings. The van der Waals surface area contributed by atoms with Gasteiger partial charge in [-0.2, -0.15) is 0 Å². The molecule has 0 spiro atoms. The normalized spacial score (nSPS) is 12.0. The minimum Gasteiger partial charge on any atom is -0.374 e. The third-order valence-electron chi connectivity index (χ3n) is 2.02. The summed E-state index contributed by atoms with van der Waals surface area (Å²) in [5.41, 5.74) is 0.857. The molecule has 0 atom stereocenters. The monoisotopic (exact) mass is 216 g/mol. The first-order chi connectivity index (χ1) is 6.59. The Kier molecular flexibility index (Phi) is 3.96. The molecule has 3 nitrogen and oxygen atoms in total. The number of aromatic nitrogens is 2. The Bertz CT molecular complexity index is 283. The topological polar surface area (TPSA) is 27.1 Å². The van der Waals surface area contributed by atoms with Crippen molar-refractivity contribution in [2.24, 2.45) is 0 Å². The van der Waals surface area contributed by atoms with Gasteiger partial charge in [-0.05, 0) is 20.8 Å². The van der Waals surface area contributed by atoms with E-state index < -0.39 is 0 Å². The molecule has 0 aliphatic heterocycles. The van der Waals surface area contributed by atoms with E-state index in [-0.39, 0.29) is 5.60 Å². The van der Waals surface area contributed by atoms with E-state index in [1.54, 1.807) is 12.5 Å². The van der Waals surface area contributed by atoms with Crippen molar-refractivity contribution in [2.75, 3.05) is 6.61 Å². The average Bonchev–Trinajstić information content (AvgIpc) is 2.50. The summed E-state index contributed by atoms with van der Waals surface area (Å²) in [5, 5.41) is 0. The standard InChI is InChI=1S/C10H17ClN2O/c1-4-14-10(2,3)7-13-8-12-6-9(13)5-11/h6,8H,4-5,7H2,1-3H3. The molecule has 1 aromatic rings. The number of hydrogen-bond donors (Lipinski definition) is 0. The van der Waals surface area contributed by atoms with E-state index >= 15 is 0 Å². The molecule has 4 heteroatoms. The molecule has 80 valence electrons. The van der Waals surface area contributed by atoms with Gasteiger partial charge in [-0.15, -0.1) is 11.6 Å². The Hall–Kier alpha value is -0.540. The highest BCUT2D eigenvalue weighted by molar-refractivity contribution is 6.16. The van der Waals surface area contributed by atoms with E-state index in [9.17, 15) is 0 Å². The van der Waals surface area contributed by atoms with Crippen molar-refractivity contribution in [3.05, 3.63) is 18.2 Å². The first kappa shape index (κ1) is 11.5. The zero-order valence-electron chi connectivity index (χ0n) is 8.96. The molecule has 0 aromatic carbocycles. The van der Waals surface area contributed by atoms with E-state index in [1.807, 2.05) is 11.5 Å². The highest BCUT2D eigenvalue weighted by Crippen LogP contribution is 2.14. The van der Waals surface area contributed by atoms with Crippen molar-refractivity contribution in [3.63, 3.8) is 0 Å². The van der Waals surface area contributed by atoms with Crippen LogP contribution in [0.25, 0.3) is 0 Å². The van der Waals surface area contributed by atoms with E-state index in [0.717, 1.165) is 18.8 Å². The Morgan fingerprint density at radius 2 is 2.29 bits per heavy atom. The second kappa shape index (κ2) is 4.80. The lowest BCUT2D eigenvalue weighted by molar-refractivity contribution is -0.0227. The Balaban J connectivity index is 2.67. The SMILES string of the molecule is CCOC(C)(C)Cn1cncc1CCl. The molecule has 1 aromatic heterocycles.